The van der Waals surface area contributed by atoms with Crippen molar-refractivity contribution in [3.05, 3.63) is 47.0 Å². The van der Waals surface area contributed by atoms with Gasteiger partial charge in [0.25, 0.3) is 5.56 Å². The molecule has 134 valence electrons. The summed E-state index contributed by atoms with van der Waals surface area (Å²) in [6.45, 7) is 4.47. The summed E-state index contributed by atoms with van der Waals surface area (Å²) in [4.78, 5) is 18.6. The monoisotopic (exact) mass is 343 g/mol. The number of para-hydroxylation sites is 2. The SMILES string of the molecule is COc1ccccc1OCC1(C)CCN(c2nccn(C)c2=O)CC1. The first-order valence-electron chi connectivity index (χ1n) is 8.55. The van der Waals surface area contributed by atoms with Gasteiger partial charge in [-0.3, -0.25) is 4.79 Å². The molecule has 3 rings (SSSR count). The van der Waals surface area contributed by atoms with Gasteiger partial charge in [-0.15, -0.1) is 0 Å². The molecular formula is C19H25N3O3. The van der Waals surface area contributed by atoms with E-state index in [1.165, 1.54) is 0 Å². The normalized spacial score (nSPS) is 16.5. The summed E-state index contributed by atoms with van der Waals surface area (Å²) in [5, 5.41) is 0. The van der Waals surface area contributed by atoms with Crippen LogP contribution in [0.2, 0.25) is 0 Å². The second-order valence-corrected chi connectivity index (χ2v) is 6.90. The Kier molecular flexibility index (Phi) is 4.97. The predicted molar refractivity (Wildman–Crippen MR) is 97.5 cm³/mol. The first-order valence-corrected chi connectivity index (χ1v) is 8.55. The van der Waals surface area contributed by atoms with Gasteiger partial charge in [-0.2, -0.15) is 0 Å². The van der Waals surface area contributed by atoms with E-state index in [0.717, 1.165) is 37.4 Å². The molecule has 1 aromatic heterocycles. The number of hydrogen-bond donors (Lipinski definition) is 0. The highest BCUT2D eigenvalue weighted by Crippen LogP contribution is 2.34. The molecule has 0 bridgehead atoms. The Hall–Kier alpha value is -2.50. The van der Waals surface area contributed by atoms with Crippen LogP contribution in [-0.2, 0) is 7.05 Å². The number of rotatable bonds is 5. The molecule has 0 N–H and O–H groups in total. The van der Waals surface area contributed by atoms with Gasteiger partial charge >= 0.3 is 0 Å². The highest BCUT2D eigenvalue weighted by atomic mass is 16.5. The van der Waals surface area contributed by atoms with Gasteiger partial charge in [0.1, 0.15) is 0 Å². The first-order chi connectivity index (χ1) is 12.0. The van der Waals surface area contributed by atoms with Gasteiger partial charge in [-0.1, -0.05) is 19.1 Å². The van der Waals surface area contributed by atoms with Crippen molar-refractivity contribution in [2.24, 2.45) is 12.5 Å². The minimum Gasteiger partial charge on any atom is -0.493 e. The molecular weight excluding hydrogens is 318 g/mol. The van der Waals surface area contributed by atoms with E-state index in [1.807, 2.05) is 24.3 Å². The largest absolute Gasteiger partial charge is 0.493 e. The van der Waals surface area contributed by atoms with Crippen LogP contribution in [0.4, 0.5) is 5.82 Å². The van der Waals surface area contributed by atoms with Crippen LogP contribution in [0.5, 0.6) is 11.5 Å². The lowest BCUT2D eigenvalue weighted by Gasteiger charge is -2.39. The van der Waals surface area contributed by atoms with Crippen molar-refractivity contribution < 1.29 is 9.47 Å². The van der Waals surface area contributed by atoms with E-state index in [4.69, 9.17) is 9.47 Å². The molecule has 1 aromatic carbocycles. The van der Waals surface area contributed by atoms with Gasteiger partial charge in [-0.25, -0.2) is 4.98 Å². The van der Waals surface area contributed by atoms with E-state index in [1.54, 1.807) is 31.1 Å². The molecule has 0 amide bonds. The molecule has 2 aromatic rings. The molecule has 0 unspecified atom stereocenters. The maximum Gasteiger partial charge on any atom is 0.293 e. The molecule has 0 spiro atoms. The van der Waals surface area contributed by atoms with Crippen molar-refractivity contribution >= 4 is 5.82 Å². The highest BCUT2D eigenvalue weighted by Gasteiger charge is 2.32. The Morgan fingerprint density at radius 3 is 2.56 bits per heavy atom. The van der Waals surface area contributed by atoms with Gasteiger partial charge in [0.2, 0.25) is 0 Å². The lowest BCUT2D eigenvalue weighted by atomic mass is 9.81. The number of methoxy groups -OCH3 is 1. The zero-order valence-corrected chi connectivity index (χ0v) is 15.1. The number of benzene rings is 1. The average molecular weight is 343 g/mol. The Balaban J connectivity index is 1.62. The van der Waals surface area contributed by atoms with Crippen LogP contribution in [-0.4, -0.2) is 36.4 Å². The van der Waals surface area contributed by atoms with E-state index < -0.39 is 0 Å². The molecule has 25 heavy (non-hydrogen) atoms. The summed E-state index contributed by atoms with van der Waals surface area (Å²) in [5.41, 5.74) is 0.0218. The molecule has 1 saturated heterocycles. The fourth-order valence-corrected chi connectivity index (χ4v) is 3.09. The van der Waals surface area contributed by atoms with Crippen LogP contribution >= 0.6 is 0 Å². The van der Waals surface area contributed by atoms with E-state index in [9.17, 15) is 4.79 Å². The van der Waals surface area contributed by atoms with Gasteiger partial charge in [0, 0.05) is 37.9 Å². The Morgan fingerprint density at radius 1 is 1.20 bits per heavy atom. The van der Waals surface area contributed by atoms with E-state index in [-0.39, 0.29) is 11.0 Å². The smallest absolute Gasteiger partial charge is 0.293 e. The number of anilines is 1. The summed E-state index contributed by atoms with van der Waals surface area (Å²) in [6, 6.07) is 7.70. The third-order valence-electron chi connectivity index (χ3n) is 4.91. The molecule has 0 radical (unpaired) electrons. The van der Waals surface area contributed by atoms with Crippen LogP contribution in [0.25, 0.3) is 0 Å². The fraction of sp³-hybridized carbons (Fsp3) is 0.474. The molecule has 6 nitrogen and oxygen atoms in total. The number of hydrogen-bond acceptors (Lipinski definition) is 5. The number of ether oxygens (including phenoxy) is 2. The van der Waals surface area contributed by atoms with Crippen LogP contribution in [0.3, 0.4) is 0 Å². The zero-order chi connectivity index (χ0) is 17.9. The molecule has 1 aliphatic rings. The summed E-state index contributed by atoms with van der Waals surface area (Å²) < 4.78 is 12.9. The third kappa shape index (κ3) is 3.78. The quantitative estimate of drug-likeness (QED) is 0.835. The maximum absolute atomic E-state index is 12.2. The Labute approximate surface area is 148 Å². The van der Waals surface area contributed by atoms with Crippen molar-refractivity contribution in [3.8, 4) is 11.5 Å². The summed E-state index contributed by atoms with van der Waals surface area (Å²) in [6.07, 6.45) is 5.25. The predicted octanol–water partition coefficient (Wildman–Crippen LogP) is 2.47. The minimum atomic E-state index is -0.0450. The molecule has 1 fully saturated rings. The van der Waals surface area contributed by atoms with Crippen LogP contribution < -0.4 is 19.9 Å². The molecule has 1 aliphatic heterocycles. The van der Waals surface area contributed by atoms with Gasteiger partial charge in [-0.05, 0) is 25.0 Å². The lowest BCUT2D eigenvalue weighted by molar-refractivity contribution is 0.128. The first kappa shape index (κ1) is 17.3. The van der Waals surface area contributed by atoms with Crippen molar-refractivity contribution in [3.63, 3.8) is 0 Å². The number of aryl methyl sites for hydroxylation is 1. The van der Waals surface area contributed by atoms with Gasteiger partial charge < -0.3 is 18.9 Å². The van der Waals surface area contributed by atoms with Crippen LogP contribution in [0.15, 0.2) is 41.5 Å². The summed E-state index contributed by atoms with van der Waals surface area (Å²) >= 11 is 0. The summed E-state index contributed by atoms with van der Waals surface area (Å²) in [7, 11) is 3.40. The van der Waals surface area contributed by atoms with Crippen molar-refractivity contribution in [2.75, 3.05) is 31.7 Å². The average Bonchev–Trinajstić information content (AvgIpc) is 2.63. The number of nitrogens with zero attached hydrogens (tertiary/aromatic N) is 3. The molecule has 0 atom stereocenters. The highest BCUT2D eigenvalue weighted by molar-refractivity contribution is 5.39. The third-order valence-corrected chi connectivity index (χ3v) is 4.91. The van der Waals surface area contributed by atoms with E-state index in [2.05, 4.69) is 16.8 Å². The maximum atomic E-state index is 12.2. The van der Waals surface area contributed by atoms with Crippen LogP contribution in [0.1, 0.15) is 19.8 Å². The van der Waals surface area contributed by atoms with Gasteiger partial charge in [0.15, 0.2) is 17.3 Å². The van der Waals surface area contributed by atoms with E-state index >= 15 is 0 Å². The van der Waals surface area contributed by atoms with E-state index in [0.29, 0.717) is 12.4 Å². The van der Waals surface area contributed by atoms with Gasteiger partial charge in [0.05, 0.1) is 13.7 Å². The van der Waals surface area contributed by atoms with Crippen molar-refractivity contribution in [2.45, 2.75) is 19.8 Å². The summed E-state index contributed by atoms with van der Waals surface area (Å²) in [5.74, 6) is 2.06. The van der Waals surface area contributed by atoms with Crippen molar-refractivity contribution in [1.82, 2.24) is 9.55 Å². The minimum absolute atomic E-state index is 0.0450. The fourth-order valence-electron chi connectivity index (χ4n) is 3.09. The number of aromatic nitrogens is 2. The molecule has 0 aliphatic carbocycles. The second-order valence-electron chi connectivity index (χ2n) is 6.90. The number of piperidine rings is 1. The zero-order valence-electron chi connectivity index (χ0n) is 15.1. The standard InChI is InChI=1S/C19H25N3O3/c1-19(14-25-16-7-5-4-6-15(16)24-3)8-11-22(12-9-19)17-18(23)21(2)13-10-20-17/h4-7,10,13H,8-9,11-12,14H2,1-3H3. The second kappa shape index (κ2) is 7.17. The topological polar surface area (TPSA) is 56.6 Å². The van der Waals surface area contributed by atoms with Crippen LogP contribution in [0, 0.1) is 5.41 Å². The molecule has 2 heterocycles. The Morgan fingerprint density at radius 2 is 1.88 bits per heavy atom. The molecule has 0 saturated carbocycles. The van der Waals surface area contributed by atoms with Crippen molar-refractivity contribution in [1.29, 1.82) is 0 Å². The lowest BCUT2D eigenvalue weighted by Crippen LogP contribution is -2.44. The molecule has 6 heteroatoms. The Bertz CT molecular complexity index is 779.